The Morgan fingerprint density at radius 3 is 2.74 bits per heavy atom. The van der Waals surface area contributed by atoms with Crippen LogP contribution in [0.1, 0.15) is 25.3 Å². The Bertz CT molecular complexity index is 391. The van der Waals surface area contributed by atoms with E-state index in [9.17, 15) is 4.79 Å². The number of carbonyl (C=O) groups excluding carboxylic acids is 1. The molecule has 0 saturated heterocycles. The average molecular weight is 264 g/mol. The first kappa shape index (κ1) is 15.5. The van der Waals surface area contributed by atoms with Crippen molar-refractivity contribution in [3.8, 4) is 5.75 Å². The van der Waals surface area contributed by atoms with E-state index >= 15 is 0 Å². The van der Waals surface area contributed by atoms with Crippen molar-refractivity contribution in [2.45, 2.75) is 26.3 Å². The monoisotopic (exact) mass is 264 g/mol. The molecule has 1 amide bonds. The minimum atomic E-state index is 0.143. The number of hydrogen-bond acceptors (Lipinski definition) is 3. The van der Waals surface area contributed by atoms with E-state index in [1.165, 1.54) is 0 Å². The summed E-state index contributed by atoms with van der Waals surface area (Å²) in [4.78, 5) is 13.0. The summed E-state index contributed by atoms with van der Waals surface area (Å²) in [5.74, 6) is 1.05. The maximum absolute atomic E-state index is 11.4. The van der Waals surface area contributed by atoms with E-state index in [0.717, 1.165) is 30.8 Å². The van der Waals surface area contributed by atoms with E-state index in [-0.39, 0.29) is 5.91 Å². The molecule has 0 saturated carbocycles. The second-order valence-corrected chi connectivity index (χ2v) is 4.63. The van der Waals surface area contributed by atoms with E-state index < -0.39 is 0 Å². The van der Waals surface area contributed by atoms with E-state index in [2.05, 4.69) is 18.3 Å². The van der Waals surface area contributed by atoms with Crippen LogP contribution in [0.15, 0.2) is 24.3 Å². The molecule has 106 valence electrons. The normalized spacial score (nSPS) is 10.3. The fourth-order valence-corrected chi connectivity index (χ4v) is 1.68. The van der Waals surface area contributed by atoms with Crippen LogP contribution in [0.3, 0.4) is 0 Å². The molecule has 0 unspecified atom stereocenters. The van der Waals surface area contributed by atoms with E-state index in [0.29, 0.717) is 13.0 Å². The Morgan fingerprint density at radius 1 is 1.32 bits per heavy atom. The Hall–Kier alpha value is -1.55. The lowest BCUT2D eigenvalue weighted by molar-refractivity contribution is -0.128. The summed E-state index contributed by atoms with van der Waals surface area (Å²) in [6.45, 7) is 4.40. The van der Waals surface area contributed by atoms with Crippen LogP contribution in [-0.2, 0) is 11.3 Å². The van der Waals surface area contributed by atoms with Crippen molar-refractivity contribution in [2.24, 2.45) is 0 Å². The number of ether oxygens (including phenoxy) is 1. The van der Waals surface area contributed by atoms with Crippen LogP contribution in [-0.4, -0.2) is 38.1 Å². The number of benzene rings is 1. The number of nitrogens with zero attached hydrogens (tertiary/aromatic N) is 1. The molecule has 0 heterocycles. The van der Waals surface area contributed by atoms with Gasteiger partial charge in [-0.2, -0.15) is 0 Å². The van der Waals surface area contributed by atoms with Gasteiger partial charge in [-0.3, -0.25) is 4.79 Å². The summed E-state index contributed by atoms with van der Waals surface area (Å²) in [7, 11) is 3.55. The quantitative estimate of drug-likeness (QED) is 0.731. The zero-order valence-corrected chi connectivity index (χ0v) is 12.1. The Labute approximate surface area is 115 Å². The molecule has 0 aliphatic rings. The van der Waals surface area contributed by atoms with Crippen molar-refractivity contribution in [2.75, 3.05) is 27.2 Å². The van der Waals surface area contributed by atoms with Crippen molar-refractivity contribution in [3.05, 3.63) is 29.8 Å². The molecule has 1 aromatic rings. The maximum atomic E-state index is 11.4. The number of amides is 1. The van der Waals surface area contributed by atoms with Gasteiger partial charge in [0.05, 0.1) is 6.61 Å². The van der Waals surface area contributed by atoms with E-state index in [1.54, 1.807) is 19.0 Å². The molecule has 1 rings (SSSR count). The van der Waals surface area contributed by atoms with Crippen LogP contribution < -0.4 is 10.1 Å². The molecule has 1 aromatic carbocycles. The van der Waals surface area contributed by atoms with Gasteiger partial charge >= 0.3 is 0 Å². The lowest BCUT2D eigenvalue weighted by Crippen LogP contribution is -2.21. The van der Waals surface area contributed by atoms with Gasteiger partial charge in [-0.1, -0.05) is 25.1 Å². The molecule has 0 aromatic heterocycles. The summed E-state index contributed by atoms with van der Waals surface area (Å²) in [6.07, 6.45) is 1.27. The smallest absolute Gasteiger partial charge is 0.222 e. The fourth-order valence-electron chi connectivity index (χ4n) is 1.68. The van der Waals surface area contributed by atoms with Gasteiger partial charge in [-0.05, 0) is 19.0 Å². The molecule has 0 aliphatic heterocycles. The standard InChI is InChI=1S/C15H24N2O2/c1-4-16-12-13-8-5-6-9-14(13)19-11-7-10-15(18)17(2)3/h5-6,8-9,16H,4,7,10-12H2,1-3H3. The Morgan fingerprint density at radius 2 is 2.05 bits per heavy atom. The molecule has 1 N–H and O–H groups in total. The molecule has 0 fully saturated rings. The lowest BCUT2D eigenvalue weighted by atomic mass is 10.2. The predicted octanol–water partition coefficient (Wildman–Crippen LogP) is 2.04. The molecule has 0 spiro atoms. The van der Waals surface area contributed by atoms with Gasteiger partial charge in [0.25, 0.3) is 0 Å². The van der Waals surface area contributed by atoms with Gasteiger partial charge in [-0.25, -0.2) is 0 Å². The summed E-state index contributed by atoms with van der Waals surface area (Å²) in [5.41, 5.74) is 1.16. The minimum absolute atomic E-state index is 0.143. The first-order valence-corrected chi connectivity index (χ1v) is 6.76. The summed E-state index contributed by atoms with van der Waals surface area (Å²) >= 11 is 0. The summed E-state index contributed by atoms with van der Waals surface area (Å²) < 4.78 is 5.75. The first-order chi connectivity index (χ1) is 9.15. The molecule has 0 atom stereocenters. The van der Waals surface area contributed by atoms with Crippen LogP contribution in [0.2, 0.25) is 0 Å². The molecular formula is C15H24N2O2. The Kier molecular flexibility index (Phi) is 6.97. The summed E-state index contributed by atoms with van der Waals surface area (Å²) in [6, 6.07) is 8.01. The third-order valence-corrected chi connectivity index (χ3v) is 2.83. The zero-order chi connectivity index (χ0) is 14.1. The second-order valence-electron chi connectivity index (χ2n) is 4.63. The highest BCUT2D eigenvalue weighted by atomic mass is 16.5. The average Bonchev–Trinajstić information content (AvgIpc) is 2.42. The lowest BCUT2D eigenvalue weighted by Gasteiger charge is -2.13. The highest BCUT2D eigenvalue weighted by Gasteiger charge is 2.05. The third-order valence-electron chi connectivity index (χ3n) is 2.83. The van der Waals surface area contributed by atoms with Crippen molar-refractivity contribution in [1.82, 2.24) is 10.2 Å². The molecule has 0 aliphatic carbocycles. The third kappa shape index (κ3) is 5.75. The maximum Gasteiger partial charge on any atom is 0.222 e. The van der Waals surface area contributed by atoms with Crippen LogP contribution in [0.4, 0.5) is 0 Å². The van der Waals surface area contributed by atoms with Crippen LogP contribution >= 0.6 is 0 Å². The topological polar surface area (TPSA) is 41.6 Å². The molecule has 0 radical (unpaired) electrons. The van der Waals surface area contributed by atoms with Crippen molar-refractivity contribution in [1.29, 1.82) is 0 Å². The van der Waals surface area contributed by atoms with E-state index in [4.69, 9.17) is 4.74 Å². The fraction of sp³-hybridized carbons (Fsp3) is 0.533. The second kappa shape index (κ2) is 8.53. The largest absolute Gasteiger partial charge is 0.493 e. The van der Waals surface area contributed by atoms with Gasteiger partial charge in [0, 0.05) is 32.6 Å². The van der Waals surface area contributed by atoms with Crippen molar-refractivity contribution in [3.63, 3.8) is 0 Å². The van der Waals surface area contributed by atoms with Gasteiger partial charge in [0.1, 0.15) is 5.75 Å². The highest BCUT2D eigenvalue weighted by Crippen LogP contribution is 2.18. The molecule has 19 heavy (non-hydrogen) atoms. The number of rotatable bonds is 8. The van der Waals surface area contributed by atoms with Gasteiger partial charge in [0.2, 0.25) is 5.91 Å². The number of para-hydroxylation sites is 1. The molecule has 0 bridgehead atoms. The zero-order valence-electron chi connectivity index (χ0n) is 12.1. The Balaban J connectivity index is 2.38. The highest BCUT2D eigenvalue weighted by molar-refractivity contribution is 5.75. The molecular weight excluding hydrogens is 240 g/mol. The van der Waals surface area contributed by atoms with Crippen LogP contribution in [0.5, 0.6) is 5.75 Å². The molecule has 4 heteroatoms. The van der Waals surface area contributed by atoms with Crippen LogP contribution in [0.25, 0.3) is 0 Å². The first-order valence-electron chi connectivity index (χ1n) is 6.76. The van der Waals surface area contributed by atoms with E-state index in [1.807, 2.05) is 18.2 Å². The minimum Gasteiger partial charge on any atom is -0.493 e. The summed E-state index contributed by atoms with van der Waals surface area (Å²) in [5, 5.41) is 3.29. The molecule has 4 nitrogen and oxygen atoms in total. The van der Waals surface area contributed by atoms with Crippen LogP contribution in [0, 0.1) is 0 Å². The van der Waals surface area contributed by atoms with Gasteiger partial charge < -0.3 is 15.0 Å². The van der Waals surface area contributed by atoms with Gasteiger partial charge in [0.15, 0.2) is 0 Å². The number of hydrogen-bond donors (Lipinski definition) is 1. The van der Waals surface area contributed by atoms with Crippen molar-refractivity contribution >= 4 is 5.91 Å². The SMILES string of the molecule is CCNCc1ccccc1OCCCC(=O)N(C)C. The number of carbonyl (C=O) groups is 1. The van der Waals surface area contributed by atoms with Crippen molar-refractivity contribution < 1.29 is 9.53 Å². The predicted molar refractivity (Wildman–Crippen MR) is 77.2 cm³/mol. The van der Waals surface area contributed by atoms with Gasteiger partial charge in [-0.15, -0.1) is 0 Å². The number of nitrogens with one attached hydrogen (secondary N) is 1.